The molecule has 0 radical (unpaired) electrons. The zero-order chi connectivity index (χ0) is 19.8. The molecule has 2 aromatic rings. The lowest BCUT2D eigenvalue weighted by atomic mass is 10.1. The minimum absolute atomic E-state index is 0.00277. The van der Waals surface area contributed by atoms with Crippen LogP contribution in [0.4, 0.5) is 4.79 Å². The Balaban J connectivity index is 1.37. The zero-order valence-corrected chi connectivity index (χ0v) is 16.6. The number of amides is 2. The average Bonchev–Trinajstić information content (AvgIpc) is 2.75. The van der Waals surface area contributed by atoms with Gasteiger partial charge in [0.15, 0.2) is 0 Å². The second-order valence-electron chi connectivity index (χ2n) is 6.94. The van der Waals surface area contributed by atoms with Crippen molar-refractivity contribution in [2.45, 2.75) is 13.0 Å². The number of nitrogens with zero attached hydrogens (tertiary/aromatic N) is 2. The van der Waals surface area contributed by atoms with Crippen molar-refractivity contribution in [2.24, 2.45) is 0 Å². The van der Waals surface area contributed by atoms with Crippen LogP contribution in [0.2, 0.25) is 0 Å². The third kappa shape index (κ3) is 5.63. The fraction of sp³-hybridized carbons (Fsp3) is 0.409. The van der Waals surface area contributed by atoms with Crippen molar-refractivity contribution in [3.05, 3.63) is 60.2 Å². The van der Waals surface area contributed by atoms with Crippen LogP contribution >= 0.6 is 0 Å². The van der Waals surface area contributed by atoms with Crippen LogP contribution in [0.5, 0.6) is 11.5 Å². The van der Waals surface area contributed by atoms with Crippen molar-refractivity contribution in [1.29, 1.82) is 0 Å². The molecule has 0 saturated carbocycles. The first kappa shape index (κ1) is 20.0. The van der Waals surface area contributed by atoms with Gasteiger partial charge in [0.25, 0.3) is 0 Å². The molecule has 3 rings (SSSR count). The van der Waals surface area contributed by atoms with E-state index in [1.54, 1.807) is 7.11 Å². The van der Waals surface area contributed by atoms with Crippen LogP contribution in [-0.2, 0) is 0 Å². The van der Waals surface area contributed by atoms with Crippen LogP contribution in [0, 0.1) is 0 Å². The lowest BCUT2D eigenvalue weighted by molar-refractivity contribution is 0.125. The van der Waals surface area contributed by atoms with E-state index in [2.05, 4.69) is 10.2 Å². The number of urea groups is 1. The van der Waals surface area contributed by atoms with Gasteiger partial charge in [-0.1, -0.05) is 36.4 Å². The molecule has 1 N–H and O–H groups in total. The summed E-state index contributed by atoms with van der Waals surface area (Å²) in [6, 6.07) is 17.7. The molecule has 1 heterocycles. The van der Waals surface area contributed by atoms with Crippen LogP contribution in [0.3, 0.4) is 0 Å². The topological polar surface area (TPSA) is 54.0 Å². The molecule has 2 aromatic carbocycles. The van der Waals surface area contributed by atoms with Crippen molar-refractivity contribution in [1.82, 2.24) is 15.1 Å². The van der Waals surface area contributed by atoms with Gasteiger partial charge < -0.3 is 19.7 Å². The monoisotopic (exact) mass is 383 g/mol. The summed E-state index contributed by atoms with van der Waals surface area (Å²) in [6.07, 6.45) is 0. The molecule has 1 aliphatic rings. The van der Waals surface area contributed by atoms with Gasteiger partial charge in [-0.05, 0) is 24.6 Å². The number of hydrogen-bond acceptors (Lipinski definition) is 4. The van der Waals surface area contributed by atoms with Crippen molar-refractivity contribution in [3.8, 4) is 11.5 Å². The highest BCUT2D eigenvalue weighted by molar-refractivity contribution is 5.74. The normalized spacial score (nSPS) is 15.7. The summed E-state index contributed by atoms with van der Waals surface area (Å²) in [7, 11) is 1.65. The number of benzene rings is 2. The molecule has 28 heavy (non-hydrogen) atoms. The average molecular weight is 383 g/mol. The van der Waals surface area contributed by atoms with Crippen molar-refractivity contribution in [3.63, 3.8) is 0 Å². The molecule has 0 aliphatic carbocycles. The predicted octanol–water partition coefficient (Wildman–Crippen LogP) is 3.16. The van der Waals surface area contributed by atoms with Gasteiger partial charge in [-0.15, -0.1) is 0 Å². The molecule has 1 unspecified atom stereocenters. The van der Waals surface area contributed by atoms with Gasteiger partial charge in [0, 0.05) is 38.8 Å². The summed E-state index contributed by atoms with van der Waals surface area (Å²) in [5, 5.41) is 3.09. The van der Waals surface area contributed by atoms with Gasteiger partial charge in [-0.25, -0.2) is 4.79 Å². The molecular formula is C22H29N3O3. The van der Waals surface area contributed by atoms with E-state index in [0.717, 1.165) is 49.8 Å². The Kier molecular flexibility index (Phi) is 7.14. The predicted molar refractivity (Wildman–Crippen MR) is 110 cm³/mol. The molecule has 6 heteroatoms. The largest absolute Gasteiger partial charge is 0.497 e. The first-order chi connectivity index (χ1) is 13.7. The van der Waals surface area contributed by atoms with Crippen LogP contribution in [0.15, 0.2) is 54.6 Å². The highest BCUT2D eigenvalue weighted by Gasteiger charge is 2.22. The SMILES string of the molecule is COc1cccc(OCCN2CCN(C(=O)NC(C)c3ccccc3)CC2)c1. The Labute approximate surface area is 167 Å². The van der Waals surface area contributed by atoms with Gasteiger partial charge in [-0.3, -0.25) is 4.90 Å². The molecule has 6 nitrogen and oxygen atoms in total. The molecular weight excluding hydrogens is 354 g/mol. The Bertz CT molecular complexity index is 746. The van der Waals surface area contributed by atoms with E-state index >= 15 is 0 Å². The quantitative estimate of drug-likeness (QED) is 0.798. The number of nitrogens with one attached hydrogen (secondary N) is 1. The Morgan fingerprint density at radius 2 is 1.75 bits per heavy atom. The number of hydrogen-bond donors (Lipinski definition) is 1. The van der Waals surface area contributed by atoms with Gasteiger partial charge in [-0.2, -0.15) is 0 Å². The summed E-state index contributed by atoms with van der Waals surface area (Å²) in [4.78, 5) is 16.7. The van der Waals surface area contributed by atoms with Crippen LogP contribution in [0.1, 0.15) is 18.5 Å². The fourth-order valence-electron chi connectivity index (χ4n) is 3.26. The van der Waals surface area contributed by atoms with Crippen LogP contribution in [0.25, 0.3) is 0 Å². The summed E-state index contributed by atoms with van der Waals surface area (Å²) in [5.41, 5.74) is 1.11. The molecule has 150 valence electrons. The Morgan fingerprint density at radius 3 is 2.46 bits per heavy atom. The van der Waals surface area contributed by atoms with Crippen LogP contribution < -0.4 is 14.8 Å². The Hall–Kier alpha value is -2.73. The number of methoxy groups -OCH3 is 1. The third-order valence-electron chi connectivity index (χ3n) is 5.02. The maximum atomic E-state index is 12.5. The van der Waals surface area contributed by atoms with E-state index in [4.69, 9.17) is 9.47 Å². The molecule has 0 aromatic heterocycles. The number of carbonyl (C=O) groups is 1. The van der Waals surface area contributed by atoms with Crippen molar-refractivity contribution < 1.29 is 14.3 Å². The van der Waals surface area contributed by atoms with E-state index in [1.165, 1.54) is 0 Å². The van der Waals surface area contributed by atoms with Crippen molar-refractivity contribution >= 4 is 6.03 Å². The molecule has 0 bridgehead atoms. The van der Waals surface area contributed by atoms with E-state index in [9.17, 15) is 4.79 Å². The van der Waals surface area contributed by atoms with E-state index in [-0.39, 0.29) is 12.1 Å². The second-order valence-corrected chi connectivity index (χ2v) is 6.94. The van der Waals surface area contributed by atoms with E-state index in [0.29, 0.717) is 6.61 Å². The number of ether oxygens (including phenoxy) is 2. The minimum atomic E-state index is 0.00277. The smallest absolute Gasteiger partial charge is 0.317 e. The van der Waals surface area contributed by atoms with Crippen LogP contribution in [-0.4, -0.2) is 62.3 Å². The fourth-order valence-corrected chi connectivity index (χ4v) is 3.26. The van der Waals surface area contributed by atoms with E-state index in [1.807, 2.05) is 66.4 Å². The highest BCUT2D eigenvalue weighted by atomic mass is 16.5. The maximum absolute atomic E-state index is 12.5. The molecule has 1 saturated heterocycles. The zero-order valence-electron chi connectivity index (χ0n) is 16.6. The molecule has 1 atom stereocenters. The maximum Gasteiger partial charge on any atom is 0.317 e. The second kappa shape index (κ2) is 9.99. The molecule has 1 aliphatic heterocycles. The van der Waals surface area contributed by atoms with Gasteiger partial charge in [0.05, 0.1) is 13.2 Å². The minimum Gasteiger partial charge on any atom is -0.497 e. The molecule has 0 spiro atoms. The number of piperazine rings is 1. The van der Waals surface area contributed by atoms with E-state index < -0.39 is 0 Å². The van der Waals surface area contributed by atoms with Crippen molar-refractivity contribution in [2.75, 3.05) is 46.4 Å². The standard InChI is InChI=1S/C22H29N3O3/c1-18(19-7-4-3-5-8-19)23-22(26)25-13-11-24(12-14-25)15-16-28-21-10-6-9-20(17-21)27-2/h3-10,17-18H,11-16H2,1-2H3,(H,23,26). The summed E-state index contributed by atoms with van der Waals surface area (Å²) in [6.45, 7) is 6.64. The molecule has 2 amide bonds. The summed E-state index contributed by atoms with van der Waals surface area (Å²) >= 11 is 0. The Morgan fingerprint density at radius 1 is 1.04 bits per heavy atom. The summed E-state index contributed by atoms with van der Waals surface area (Å²) in [5.74, 6) is 1.61. The number of carbonyl (C=O) groups excluding carboxylic acids is 1. The molecule has 1 fully saturated rings. The summed E-state index contributed by atoms with van der Waals surface area (Å²) < 4.78 is 11.0. The number of rotatable bonds is 7. The van der Waals surface area contributed by atoms with Gasteiger partial charge >= 0.3 is 6.03 Å². The lowest BCUT2D eigenvalue weighted by Gasteiger charge is -2.35. The third-order valence-corrected chi connectivity index (χ3v) is 5.02. The first-order valence-electron chi connectivity index (χ1n) is 9.75. The van der Waals surface area contributed by atoms with Gasteiger partial charge in [0.2, 0.25) is 0 Å². The highest BCUT2D eigenvalue weighted by Crippen LogP contribution is 2.18. The first-order valence-corrected chi connectivity index (χ1v) is 9.75. The lowest BCUT2D eigenvalue weighted by Crippen LogP contribution is -2.52. The van der Waals surface area contributed by atoms with Gasteiger partial charge in [0.1, 0.15) is 18.1 Å².